The molecule has 1 heterocycles. The number of nitrogens with one attached hydrogen (secondary N) is 3. The molecular formula is C12H10Cl2N4O3. The molecule has 0 aliphatic heterocycles. The van der Waals surface area contributed by atoms with Crippen LogP contribution < -0.4 is 10.6 Å². The van der Waals surface area contributed by atoms with Gasteiger partial charge in [-0.2, -0.15) is 0 Å². The molecule has 2 aromatic rings. The van der Waals surface area contributed by atoms with E-state index in [0.29, 0.717) is 5.69 Å². The van der Waals surface area contributed by atoms with Crippen molar-refractivity contribution < 1.29 is 14.7 Å². The van der Waals surface area contributed by atoms with E-state index in [1.165, 1.54) is 18.5 Å². The molecule has 2 amide bonds. The number of aromatic carboxylic acids is 1. The van der Waals surface area contributed by atoms with Gasteiger partial charge in [-0.05, 0) is 12.1 Å². The van der Waals surface area contributed by atoms with Crippen LogP contribution in [0.4, 0.5) is 10.5 Å². The number of carboxylic acid groups (broad SMARTS) is 1. The Morgan fingerprint density at radius 3 is 2.71 bits per heavy atom. The number of H-pyrrole nitrogens is 1. The fourth-order valence-corrected chi connectivity index (χ4v) is 2.12. The van der Waals surface area contributed by atoms with Gasteiger partial charge in [0.1, 0.15) is 0 Å². The third-order valence-corrected chi connectivity index (χ3v) is 3.03. The number of urea groups is 1. The zero-order chi connectivity index (χ0) is 15.4. The number of aromatic amines is 1. The molecule has 0 atom stereocenters. The summed E-state index contributed by atoms with van der Waals surface area (Å²) in [6.07, 6.45) is 3.03. The van der Waals surface area contributed by atoms with Gasteiger partial charge < -0.3 is 20.7 Å². The van der Waals surface area contributed by atoms with Crippen LogP contribution in [0.2, 0.25) is 10.0 Å². The number of anilines is 1. The second kappa shape index (κ2) is 6.47. The van der Waals surface area contributed by atoms with Gasteiger partial charge in [0.05, 0.1) is 34.8 Å². The Kier molecular flexibility index (Phi) is 4.66. The monoisotopic (exact) mass is 328 g/mol. The maximum absolute atomic E-state index is 11.8. The molecule has 0 unspecified atom stereocenters. The minimum absolute atomic E-state index is 0.0179. The van der Waals surface area contributed by atoms with Gasteiger partial charge in [-0.25, -0.2) is 14.6 Å². The number of benzene rings is 1. The predicted molar refractivity (Wildman–Crippen MR) is 77.9 cm³/mol. The van der Waals surface area contributed by atoms with E-state index in [1.807, 2.05) is 0 Å². The average Bonchev–Trinajstić information content (AvgIpc) is 2.92. The zero-order valence-corrected chi connectivity index (χ0v) is 12.0. The van der Waals surface area contributed by atoms with Crippen molar-refractivity contribution in [2.75, 3.05) is 5.32 Å². The van der Waals surface area contributed by atoms with Gasteiger partial charge in [-0.1, -0.05) is 23.2 Å². The molecule has 0 spiro atoms. The quantitative estimate of drug-likeness (QED) is 0.692. The van der Waals surface area contributed by atoms with Crippen LogP contribution in [0.25, 0.3) is 0 Å². The molecule has 0 aliphatic rings. The van der Waals surface area contributed by atoms with E-state index in [1.54, 1.807) is 6.20 Å². The zero-order valence-electron chi connectivity index (χ0n) is 10.5. The summed E-state index contributed by atoms with van der Waals surface area (Å²) < 4.78 is 0. The number of amides is 2. The summed E-state index contributed by atoms with van der Waals surface area (Å²) in [6.45, 7) is 0.208. The van der Waals surface area contributed by atoms with E-state index >= 15 is 0 Å². The molecule has 0 aliphatic carbocycles. The number of carbonyl (C=O) groups excluding carboxylic acids is 1. The Bertz CT molecular complexity index is 673. The molecule has 110 valence electrons. The lowest BCUT2D eigenvalue weighted by molar-refractivity contribution is 0.0698. The summed E-state index contributed by atoms with van der Waals surface area (Å²) >= 11 is 11.7. The summed E-state index contributed by atoms with van der Waals surface area (Å²) in [7, 11) is 0. The Morgan fingerprint density at radius 1 is 1.33 bits per heavy atom. The van der Waals surface area contributed by atoms with Crippen LogP contribution in [0.5, 0.6) is 0 Å². The minimum atomic E-state index is -1.25. The number of hydrogen-bond donors (Lipinski definition) is 4. The van der Waals surface area contributed by atoms with Crippen molar-refractivity contribution in [2.45, 2.75) is 6.54 Å². The number of carboxylic acids is 1. The number of nitrogens with zero attached hydrogens (tertiary/aromatic N) is 1. The van der Waals surface area contributed by atoms with Gasteiger partial charge >= 0.3 is 12.0 Å². The fourth-order valence-electron chi connectivity index (χ4n) is 1.58. The Labute approximate surface area is 129 Å². The summed E-state index contributed by atoms with van der Waals surface area (Å²) in [5, 5.41) is 14.2. The fraction of sp³-hybridized carbons (Fsp3) is 0.0833. The second-order valence-electron chi connectivity index (χ2n) is 4.00. The largest absolute Gasteiger partial charge is 0.478 e. The molecule has 0 saturated heterocycles. The maximum atomic E-state index is 11.8. The normalized spacial score (nSPS) is 10.2. The molecule has 0 fully saturated rings. The SMILES string of the molecule is O=C(NCc1cnc[nH]1)Nc1c(Cl)cc(Cl)cc1C(=O)O. The van der Waals surface area contributed by atoms with Gasteiger partial charge in [0.2, 0.25) is 0 Å². The third kappa shape index (κ3) is 3.87. The van der Waals surface area contributed by atoms with Gasteiger partial charge in [0, 0.05) is 11.2 Å². The number of imidazole rings is 1. The molecule has 21 heavy (non-hydrogen) atoms. The van der Waals surface area contributed by atoms with Gasteiger partial charge in [-0.15, -0.1) is 0 Å². The predicted octanol–water partition coefficient (Wildman–Crippen LogP) is 2.74. The highest BCUT2D eigenvalue weighted by atomic mass is 35.5. The summed E-state index contributed by atoms with van der Waals surface area (Å²) in [6, 6.07) is 1.96. The van der Waals surface area contributed by atoms with E-state index < -0.39 is 12.0 Å². The van der Waals surface area contributed by atoms with E-state index in [9.17, 15) is 9.59 Å². The van der Waals surface area contributed by atoms with Gasteiger partial charge in [-0.3, -0.25) is 0 Å². The standard InChI is InChI=1S/C12H10Cl2N4O3/c13-6-1-8(11(19)20)10(9(14)2-6)18-12(21)16-4-7-3-15-5-17-7/h1-3,5H,4H2,(H,15,17)(H,19,20)(H2,16,18,21). The lowest BCUT2D eigenvalue weighted by atomic mass is 10.2. The van der Waals surface area contributed by atoms with Gasteiger partial charge in [0.15, 0.2) is 0 Å². The molecule has 7 nitrogen and oxygen atoms in total. The van der Waals surface area contributed by atoms with E-state index in [0.717, 1.165) is 0 Å². The first-order valence-electron chi connectivity index (χ1n) is 5.72. The Hall–Kier alpha value is -2.25. The van der Waals surface area contributed by atoms with E-state index in [-0.39, 0.29) is 27.8 Å². The number of halogens is 2. The Balaban J connectivity index is 2.11. The number of carbonyl (C=O) groups is 2. The summed E-state index contributed by atoms with van der Waals surface area (Å²) in [5.74, 6) is -1.25. The van der Waals surface area contributed by atoms with E-state index in [2.05, 4.69) is 20.6 Å². The van der Waals surface area contributed by atoms with Crippen LogP contribution in [-0.4, -0.2) is 27.1 Å². The summed E-state index contributed by atoms with van der Waals surface area (Å²) in [4.78, 5) is 29.5. The lowest BCUT2D eigenvalue weighted by Crippen LogP contribution is -2.29. The van der Waals surface area contributed by atoms with Crippen molar-refractivity contribution in [1.82, 2.24) is 15.3 Å². The summed E-state index contributed by atoms with van der Waals surface area (Å²) in [5.41, 5.74) is 0.491. The first kappa shape index (κ1) is 15.1. The van der Waals surface area contributed by atoms with Crippen molar-refractivity contribution >= 4 is 40.9 Å². The van der Waals surface area contributed by atoms with E-state index in [4.69, 9.17) is 28.3 Å². The van der Waals surface area contributed by atoms with Crippen LogP contribution in [0.1, 0.15) is 16.1 Å². The van der Waals surface area contributed by atoms with Crippen molar-refractivity contribution in [3.63, 3.8) is 0 Å². The van der Waals surface area contributed by atoms with Crippen molar-refractivity contribution in [3.8, 4) is 0 Å². The first-order chi connectivity index (χ1) is 9.97. The highest BCUT2D eigenvalue weighted by molar-refractivity contribution is 6.37. The Morgan fingerprint density at radius 2 is 2.10 bits per heavy atom. The highest BCUT2D eigenvalue weighted by Gasteiger charge is 2.17. The molecule has 9 heteroatoms. The molecular weight excluding hydrogens is 319 g/mol. The molecule has 2 rings (SSSR count). The molecule has 1 aromatic carbocycles. The number of hydrogen-bond acceptors (Lipinski definition) is 3. The van der Waals surface area contributed by atoms with Crippen LogP contribution in [-0.2, 0) is 6.54 Å². The number of aromatic nitrogens is 2. The topological polar surface area (TPSA) is 107 Å². The lowest BCUT2D eigenvalue weighted by Gasteiger charge is -2.11. The smallest absolute Gasteiger partial charge is 0.337 e. The molecule has 4 N–H and O–H groups in total. The van der Waals surface area contributed by atoms with Crippen LogP contribution in [0, 0.1) is 0 Å². The third-order valence-electron chi connectivity index (χ3n) is 2.52. The maximum Gasteiger partial charge on any atom is 0.337 e. The highest BCUT2D eigenvalue weighted by Crippen LogP contribution is 2.30. The van der Waals surface area contributed by atoms with Crippen LogP contribution in [0.15, 0.2) is 24.7 Å². The molecule has 0 radical (unpaired) electrons. The van der Waals surface area contributed by atoms with Crippen LogP contribution >= 0.6 is 23.2 Å². The molecule has 0 bridgehead atoms. The number of rotatable bonds is 4. The molecule has 0 saturated carbocycles. The average molecular weight is 329 g/mol. The van der Waals surface area contributed by atoms with Gasteiger partial charge in [0.25, 0.3) is 0 Å². The molecule has 1 aromatic heterocycles. The van der Waals surface area contributed by atoms with Crippen LogP contribution in [0.3, 0.4) is 0 Å². The minimum Gasteiger partial charge on any atom is -0.478 e. The first-order valence-corrected chi connectivity index (χ1v) is 6.47. The van der Waals surface area contributed by atoms with Crippen molar-refractivity contribution in [2.24, 2.45) is 0 Å². The van der Waals surface area contributed by atoms with Crippen molar-refractivity contribution in [3.05, 3.63) is 46.0 Å². The second-order valence-corrected chi connectivity index (χ2v) is 4.84. The van der Waals surface area contributed by atoms with Crippen molar-refractivity contribution in [1.29, 1.82) is 0 Å².